The molecule has 66 valence electrons. The first-order valence-electron chi connectivity index (χ1n) is 4.45. The van der Waals surface area contributed by atoms with Gasteiger partial charge in [-0.1, -0.05) is 0 Å². The molecule has 0 spiro atoms. The summed E-state index contributed by atoms with van der Waals surface area (Å²) in [6.07, 6.45) is 4.60. The molecule has 2 nitrogen and oxygen atoms in total. The average Bonchev–Trinajstić information content (AvgIpc) is 2.21. The van der Waals surface area contributed by atoms with Crippen molar-refractivity contribution >= 4 is 0 Å². The average molecular weight is 169 g/mol. The van der Waals surface area contributed by atoms with Gasteiger partial charge in [-0.05, 0) is 43.1 Å². The van der Waals surface area contributed by atoms with Crippen molar-refractivity contribution in [3.63, 3.8) is 0 Å². The molecule has 0 N–H and O–H groups in total. The highest BCUT2D eigenvalue weighted by Crippen LogP contribution is 2.53. The predicted octanol–water partition coefficient (Wildman–Crippen LogP) is 2.50. The van der Waals surface area contributed by atoms with Crippen LogP contribution in [0, 0.1) is 16.7 Å². The highest BCUT2D eigenvalue weighted by molar-refractivity contribution is 5.09. The van der Waals surface area contributed by atoms with E-state index in [0.717, 1.165) is 38.5 Å². The summed E-state index contributed by atoms with van der Waals surface area (Å²) < 4.78 is 12.2. The molecule has 3 heteroatoms. The van der Waals surface area contributed by atoms with Gasteiger partial charge in [0.05, 0.1) is 11.5 Å². The van der Waals surface area contributed by atoms with Gasteiger partial charge in [0, 0.05) is 0 Å². The second-order valence-electron chi connectivity index (χ2n) is 4.15. The number of hydrogen-bond acceptors (Lipinski definition) is 2. The molecule has 0 aliphatic heterocycles. The Balaban J connectivity index is 2.15. The molecule has 0 saturated heterocycles. The standard InChI is InChI=1S/C9H12FNO/c10-12-9-4-1-8(7-11,2-5-9)3-6-9/h1-6H2. The molecule has 0 aromatic carbocycles. The first-order valence-corrected chi connectivity index (χ1v) is 4.45. The Kier molecular flexibility index (Phi) is 1.62. The summed E-state index contributed by atoms with van der Waals surface area (Å²) >= 11 is 0. The van der Waals surface area contributed by atoms with Gasteiger partial charge in [-0.15, -0.1) is 0 Å². The summed E-state index contributed by atoms with van der Waals surface area (Å²) in [5, 5.41) is 8.94. The van der Waals surface area contributed by atoms with E-state index in [2.05, 4.69) is 11.0 Å². The number of fused-ring (bicyclic) bond motifs is 3. The highest BCUT2D eigenvalue weighted by Gasteiger charge is 2.50. The summed E-state index contributed by atoms with van der Waals surface area (Å²) in [6, 6.07) is 2.37. The van der Waals surface area contributed by atoms with Crippen LogP contribution >= 0.6 is 0 Å². The fraction of sp³-hybridized carbons (Fsp3) is 0.889. The molecule has 0 heterocycles. The molecule has 0 atom stereocenters. The van der Waals surface area contributed by atoms with Crippen LogP contribution in [0.15, 0.2) is 0 Å². The summed E-state index contributed by atoms with van der Waals surface area (Å²) in [6.45, 7) is 0. The maximum absolute atomic E-state index is 12.2. The predicted molar refractivity (Wildman–Crippen MR) is 40.7 cm³/mol. The molecule has 3 rings (SSSR count). The lowest BCUT2D eigenvalue weighted by atomic mass is 9.59. The van der Waals surface area contributed by atoms with Gasteiger partial charge in [0.2, 0.25) is 0 Å². The van der Waals surface area contributed by atoms with Crippen LogP contribution in [0.3, 0.4) is 0 Å². The normalized spacial score (nSPS) is 45.7. The minimum atomic E-state index is -0.515. The lowest BCUT2D eigenvalue weighted by molar-refractivity contribution is -0.269. The van der Waals surface area contributed by atoms with Crippen LogP contribution in [0.5, 0.6) is 0 Å². The van der Waals surface area contributed by atoms with Crippen LogP contribution in [0.1, 0.15) is 38.5 Å². The van der Waals surface area contributed by atoms with Gasteiger partial charge in [0.1, 0.15) is 5.60 Å². The van der Waals surface area contributed by atoms with Crippen LogP contribution in [0.2, 0.25) is 0 Å². The molecular formula is C9H12FNO. The topological polar surface area (TPSA) is 33.0 Å². The monoisotopic (exact) mass is 169 g/mol. The Bertz CT molecular complexity index is 209. The largest absolute Gasteiger partial charge is 0.198 e. The van der Waals surface area contributed by atoms with Gasteiger partial charge in [-0.2, -0.15) is 10.2 Å². The molecule has 3 aliphatic carbocycles. The van der Waals surface area contributed by atoms with E-state index in [1.54, 1.807) is 0 Å². The van der Waals surface area contributed by atoms with E-state index in [1.807, 2.05) is 0 Å². The van der Waals surface area contributed by atoms with Gasteiger partial charge in [0.25, 0.3) is 0 Å². The molecule has 0 amide bonds. The van der Waals surface area contributed by atoms with Crippen LogP contribution in [-0.4, -0.2) is 5.60 Å². The maximum Gasteiger partial charge on any atom is 0.109 e. The van der Waals surface area contributed by atoms with Gasteiger partial charge < -0.3 is 0 Å². The van der Waals surface area contributed by atoms with Crippen LogP contribution < -0.4 is 0 Å². The molecule has 0 aromatic rings. The van der Waals surface area contributed by atoms with Crippen molar-refractivity contribution < 1.29 is 9.47 Å². The lowest BCUT2D eigenvalue weighted by Gasteiger charge is -2.47. The number of hydrogen-bond donors (Lipinski definition) is 0. The van der Waals surface area contributed by atoms with E-state index < -0.39 is 5.60 Å². The zero-order chi connectivity index (χ0) is 8.66. The fourth-order valence-electron chi connectivity index (χ4n) is 2.43. The number of nitriles is 1. The molecule has 3 saturated carbocycles. The molecule has 0 aromatic heterocycles. The Morgan fingerprint density at radius 1 is 1.08 bits per heavy atom. The molecule has 0 unspecified atom stereocenters. The number of nitrogens with zero attached hydrogens (tertiary/aromatic N) is 1. The summed E-state index contributed by atoms with van der Waals surface area (Å²) in [5.41, 5.74) is -0.654. The zero-order valence-electron chi connectivity index (χ0n) is 6.98. The number of rotatable bonds is 1. The van der Waals surface area contributed by atoms with Crippen LogP contribution in [-0.2, 0) is 4.94 Å². The van der Waals surface area contributed by atoms with Crippen molar-refractivity contribution in [1.29, 1.82) is 5.26 Å². The van der Waals surface area contributed by atoms with Crippen molar-refractivity contribution in [2.24, 2.45) is 5.41 Å². The van der Waals surface area contributed by atoms with Gasteiger partial charge >= 0.3 is 0 Å². The van der Waals surface area contributed by atoms with Crippen molar-refractivity contribution in [3.8, 4) is 6.07 Å². The van der Waals surface area contributed by atoms with Gasteiger partial charge in [-0.3, -0.25) is 0 Å². The Morgan fingerprint density at radius 2 is 1.58 bits per heavy atom. The fourth-order valence-corrected chi connectivity index (χ4v) is 2.43. The van der Waals surface area contributed by atoms with Crippen molar-refractivity contribution in [2.45, 2.75) is 44.1 Å². The number of halogens is 1. The zero-order valence-corrected chi connectivity index (χ0v) is 6.98. The first-order chi connectivity index (χ1) is 5.74. The lowest BCUT2D eigenvalue weighted by Crippen LogP contribution is -2.45. The third-order valence-electron chi connectivity index (χ3n) is 3.58. The van der Waals surface area contributed by atoms with E-state index in [-0.39, 0.29) is 5.41 Å². The molecule has 3 fully saturated rings. The van der Waals surface area contributed by atoms with E-state index in [9.17, 15) is 4.53 Å². The third-order valence-corrected chi connectivity index (χ3v) is 3.58. The molecule has 12 heavy (non-hydrogen) atoms. The Hall–Kier alpha value is -0.620. The van der Waals surface area contributed by atoms with Crippen molar-refractivity contribution in [1.82, 2.24) is 0 Å². The van der Waals surface area contributed by atoms with Crippen LogP contribution in [0.25, 0.3) is 0 Å². The summed E-state index contributed by atoms with van der Waals surface area (Å²) in [5.74, 6) is 0. The maximum atomic E-state index is 12.2. The quantitative estimate of drug-likeness (QED) is 0.604. The SMILES string of the molecule is N#CC12CCC(OF)(CC1)CC2. The van der Waals surface area contributed by atoms with E-state index in [0.29, 0.717) is 0 Å². The molecular weight excluding hydrogens is 157 g/mol. The van der Waals surface area contributed by atoms with E-state index in [1.165, 1.54) is 0 Å². The van der Waals surface area contributed by atoms with Gasteiger partial charge in [-0.25, -0.2) is 0 Å². The molecule has 3 aliphatic rings. The van der Waals surface area contributed by atoms with Crippen molar-refractivity contribution in [2.75, 3.05) is 0 Å². The minimum absolute atomic E-state index is 0.139. The third kappa shape index (κ3) is 0.947. The van der Waals surface area contributed by atoms with E-state index >= 15 is 0 Å². The smallest absolute Gasteiger partial charge is 0.109 e. The highest BCUT2D eigenvalue weighted by atomic mass is 19.3. The van der Waals surface area contributed by atoms with Crippen LogP contribution in [0.4, 0.5) is 4.53 Å². The second kappa shape index (κ2) is 2.43. The van der Waals surface area contributed by atoms with Crippen molar-refractivity contribution in [3.05, 3.63) is 0 Å². The Morgan fingerprint density at radius 3 is 1.92 bits per heavy atom. The first kappa shape index (κ1) is 8.00. The second-order valence-corrected chi connectivity index (χ2v) is 4.15. The molecule has 0 radical (unpaired) electrons. The summed E-state index contributed by atoms with van der Waals surface area (Å²) in [7, 11) is 0. The minimum Gasteiger partial charge on any atom is -0.198 e. The molecule has 2 bridgehead atoms. The van der Waals surface area contributed by atoms with E-state index in [4.69, 9.17) is 5.26 Å². The van der Waals surface area contributed by atoms with Gasteiger partial charge in [0.15, 0.2) is 0 Å². The Labute approximate surface area is 71.2 Å². The summed E-state index contributed by atoms with van der Waals surface area (Å²) in [4.78, 5) is 4.05.